The molecule has 2 atom stereocenters. The molecule has 0 spiro atoms. The SMILES string of the molecule is CCNC(=O)C1(C(=O)OC(C)c2ccc(Br)cc2)CCCN1C(=O)OC(C)(C)C. The minimum Gasteiger partial charge on any atom is -0.456 e. The Kier molecular flexibility index (Phi) is 7.32. The highest BCUT2D eigenvalue weighted by Gasteiger charge is 2.58. The number of nitrogens with one attached hydrogen (secondary N) is 1. The van der Waals surface area contributed by atoms with Crippen molar-refractivity contribution in [2.75, 3.05) is 13.1 Å². The van der Waals surface area contributed by atoms with E-state index >= 15 is 0 Å². The maximum absolute atomic E-state index is 13.3. The molecule has 2 rings (SSSR count). The van der Waals surface area contributed by atoms with Crippen LogP contribution >= 0.6 is 15.9 Å². The Balaban J connectivity index is 2.32. The monoisotopic (exact) mass is 468 g/mol. The van der Waals surface area contributed by atoms with E-state index in [-0.39, 0.29) is 13.0 Å². The number of hydrogen-bond acceptors (Lipinski definition) is 5. The third kappa shape index (κ3) is 5.29. The molecule has 1 fully saturated rings. The number of carbonyl (C=O) groups excluding carboxylic acids is 3. The number of likely N-dealkylation sites (tertiary alicyclic amines) is 1. The van der Waals surface area contributed by atoms with E-state index in [0.717, 1.165) is 10.0 Å². The molecule has 1 aromatic rings. The quantitative estimate of drug-likeness (QED) is 0.521. The number of carbonyl (C=O) groups is 3. The predicted molar refractivity (Wildman–Crippen MR) is 112 cm³/mol. The van der Waals surface area contributed by atoms with Gasteiger partial charge in [0.1, 0.15) is 11.7 Å². The molecule has 160 valence electrons. The zero-order valence-electron chi connectivity index (χ0n) is 17.6. The van der Waals surface area contributed by atoms with Crippen molar-refractivity contribution in [1.82, 2.24) is 10.2 Å². The van der Waals surface area contributed by atoms with Crippen molar-refractivity contribution in [2.24, 2.45) is 0 Å². The molecule has 7 nitrogen and oxygen atoms in total. The summed E-state index contributed by atoms with van der Waals surface area (Å²) in [4.78, 5) is 40.3. The van der Waals surface area contributed by atoms with Crippen LogP contribution in [0.3, 0.4) is 0 Å². The highest BCUT2D eigenvalue weighted by Crippen LogP contribution is 2.34. The predicted octanol–water partition coefficient (Wildman–Crippen LogP) is 3.96. The standard InChI is InChI=1S/C21H29BrN2O5/c1-6-23-17(25)21(12-7-13-24(21)19(27)29-20(3,4)5)18(26)28-14(2)15-8-10-16(22)11-9-15/h8-11,14H,6-7,12-13H2,1-5H3,(H,23,25). The van der Waals surface area contributed by atoms with Crippen LogP contribution in [0.1, 0.15) is 59.1 Å². The molecule has 2 amide bonds. The topological polar surface area (TPSA) is 84.9 Å². The number of esters is 1. The molecule has 0 aliphatic carbocycles. The second-order valence-electron chi connectivity index (χ2n) is 8.05. The lowest BCUT2D eigenvalue weighted by Gasteiger charge is -2.36. The van der Waals surface area contributed by atoms with Gasteiger partial charge in [-0.2, -0.15) is 0 Å². The summed E-state index contributed by atoms with van der Waals surface area (Å²) in [5.41, 5.74) is -1.70. The zero-order valence-corrected chi connectivity index (χ0v) is 19.2. The Morgan fingerprint density at radius 1 is 1.24 bits per heavy atom. The maximum atomic E-state index is 13.3. The van der Waals surface area contributed by atoms with Crippen molar-refractivity contribution in [3.8, 4) is 0 Å². The molecular weight excluding hydrogens is 440 g/mol. The van der Waals surface area contributed by atoms with Crippen molar-refractivity contribution in [3.05, 3.63) is 34.3 Å². The van der Waals surface area contributed by atoms with Gasteiger partial charge in [-0.15, -0.1) is 0 Å². The van der Waals surface area contributed by atoms with Gasteiger partial charge in [0, 0.05) is 17.6 Å². The maximum Gasteiger partial charge on any atom is 0.411 e. The van der Waals surface area contributed by atoms with E-state index in [4.69, 9.17) is 9.47 Å². The molecule has 0 bridgehead atoms. The number of benzene rings is 1. The summed E-state index contributed by atoms with van der Waals surface area (Å²) in [6.07, 6.45) is -0.597. The normalized spacial score (nSPS) is 20.1. The molecule has 2 unspecified atom stereocenters. The Hall–Kier alpha value is -2.09. The number of hydrogen-bond donors (Lipinski definition) is 1. The van der Waals surface area contributed by atoms with Gasteiger partial charge in [0.2, 0.25) is 5.54 Å². The van der Waals surface area contributed by atoms with Gasteiger partial charge < -0.3 is 14.8 Å². The Morgan fingerprint density at radius 3 is 2.41 bits per heavy atom. The molecule has 0 saturated carbocycles. The Bertz CT molecular complexity index is 759. The van der Waals surface area contributed by atoms with Gasteiger partial charge in [0.25, 0.3) is 5.91 Å². The molecule has 29 heavy (non-hydrogen) atoms. The van der Waals surface area contributed by atoms with Gasteiger partial charge in [-0.25, -0.2) is 9.59 Å². The number of ether oxygens (including phenoxy) is 2. The van der Waals surface area contributed by atoms with Crippen LogP contribution in [0.2, 0.25) is 0 Å². The summed E-state index contributed by atoms with van der Waals surface area (Å²) in [7, 11) is 0. The fourth-order valence-electron chi connectivity index (χ4n) is 3.29. The molecular formula is C21H29BrN2O5. The van der Waals surface area contributed by atoms with Crippen molar-refractivity contribution < 1.29 is 23.9 Å². The van der Waals surface area contributed by atoms with Crippen molar-refractivity contribution in [2.45, 2.75) is 64.7 Å². The second kappa shape index (κ2) is 9.15. The number of amides is 2. The summed E-state index contributed by atoms with van der Waals surface area (Å²) in [6, 6.07) is 7.37. The lowest BCUT2D eigenvalue weighted by atomic mass is 9.94. The first-order valence-corrected chi connectivity index (χ1v) is 10.6. The van der Waals surface area contributed by atoms with Crippen molar-refractivity contribution in [1.29, 1.82) is 0 Å². The molecule has 8 heteroatoms. The first-order chi connectivity index (χ1) is 13.5. The van der Waals surface area contributed by atoms with Crippen LogP contribution in [-0.4, -0.2) is 47.1 Å². The molecule has 0 radical (unpaired) electrons. The summed E-state index contributed by atoms with van der Waals surface area (Å²) >= 11 is 3.37. The van der Waals surface area contributed by atoms with Gasteiger partial charge in [-0.05, 0) is 65.2 Å². The summed E-state index contributed by atoms with van der Waals surface area (Å²) in [5, 5.41) is 2.68. The molecule has 0 aromatic heterocycles. The molecule has 1 N–H and O–H groups in total. The zero-order chi connectivity index (χ0) is 21.8. The average Bonchev–Trinajstić information content (AvgIpc) is 3.07. The smallest absolute Gasteiger partial charge is 0.411 e. The van der Waals surface area contributed by atoms with E-state index in [9.17, 15) is 14.4 Å². The third-order valence-electron chi connectivity index (χ3n) is 4.67. The van der Waals surface area contributed by atoms with E-state index in [2.05, 4.69) is 21.2 Å². The fourth-order valence-corrected chi connectivity index (χ4v) is 3.56. The van der Waals surface area contributed by atoms with E-state index in [1.807, 2.05) is 24.3 Å². The number of halogens is 1. The fraction of sp³-hybridized carbons (Fsp3) is 0.571. The number of nitrogens with zero attached hydrogens (tertiary/aromatic N) is 1. The van der Waals surface area contributed by atoms with Gasteiger partial charge in [-0.3, -0.25) is 9.69 Å². The van der Waals surface area contributed by atoms with Crippen LogP contribution in [0, 0.1) is 0 Å². The Labute approximate surface area is 180 Å². The lowest BCUT2D eigenvalue weighted by molar-refractivity contribution is -0.166. The van der Waals surface area contributed by atoms with Crippen molar-refractivity contribution >= 4 is 33.9 Å². The summed E-state index contributed by atoms with van der Waals surface area (Å²) < 4.78 is 12.0. The summed E-state index contributed by atoms with van der Waals surface area (Å²) in [5.74, 6) is -1.29. The second-order valence-corrected chi connectivity index (χ2v) is 8.97. The summed E-state index contributed by atoms with van der Waals surface area (Å²) in [6.45, 7) is 9.29. The van der Waals surface area contributed by atoms with E-state index in [0.29, 0.717) is 13.0 Å². The first kappa shape index (κ1) is 23.2. The van der Waals surface area contributed by atoms with Crippen LogP contribution in [0.15, 0.2) is 28.7 Å². The third-order valence-corrected chi connectivity index (χ3v) is 5.20. The largest absolute Gasteiger partial charge is 0.456 e. The molecule has 1 aliphatic heterocycles. The van der Waals surface area contributed by atoms with E-state index < -0.39 is 35.2 Å². The molecule has 1 aliphatic rings. The molecule has 1 heterocycles. The van der Waals surface area contributed by atoms with E-state index in [1.54, 1.807) is 34.6 Å². The average molecular weight is 469 g/mol. The minimum atomic E-state index is -1.73. The van der Waals surface area contributed by atoms with Crippen LogP contribution in [0.4, 0.5) is 4.79 Å². The Morgan fingerprint density at radius 2 is 1.86 bits per heavy atom. The number of likely N-dealkylation sites (N-methyl/N-ethyl adjacent to an activating group) is 1. The van der Waals surface area contributed by atoms with Gasteiger partial charge >= 0.3 is 12.1 Å². The van der Waals surface area contributed by atoms with Gasteiger partial charge in [0.15, 0.2) is 0 Å². The van der Waals surface area contributed by atoms with Crippen LogP contribution in [-0.2, 0) is 19.1 Å². The van der Waals surface area contributed by atoms with Crippen molar-refractivity contribution in [3.63, 3.8) is 0 Å². The van der Waals surface area contributed by atoms with E-state index in [1.165, 1.54) is 4.90 Å². The lowest BCUT2D eigenvalue weighted by Crippen LogP contribution is -2.63. The highest BCUT2D eigenvalue weighted by molar-refractivity contribution is 9.10. The van der Waals surface area contributed by atoms with Crippen LogP contribution < -0.4 is 5.32 Å². The minimum absolute atomic E-state index is 0.184. The van der Waals surface area contributed by atoms with Crippen LogP contribution in [0.5, 0.6) is 0 Å². The van der Waals surface area contributed by atoms with Gasteiger partial charge in [-0.1, -0.05) is 28.1 Å². The van der Waals surface area contributed by atoms with Gasteiger partial charge in [0.05, 0.1) is 0 Å². The number of rotatable bonds is 5. The molecule has 1 aromatic carbocycles. The highest BCUT2D eigenvalue weighted by atomic mass is 79.9. The molecule has 1 saturated heterocycles. The van der Waals surface area contributed by atoms with Crippen LogP contribution in [0.25, 0.3) is 0 Å². The first-order valence-electron chi connectivity index (χ1n) is 9.76.